The molecular formula is C18H21ClN6OS. The first-order chi connectivity index (χ1) is 13.0. The SMILES string of the molecule is CN=C(NCCc1nc(-c2cccc(Cl)c2)no1)NCc1nc(C)c(C)s1. The van der Waals surface area contributed by atoms with Crippen molar-refractivity contribution < 1.29 is 4.52 Å². The van der Waals surface area contributed by atoms with E-state index in [1.807, 2.05) is 31.2 Å². The Labute approximate surface area is 166 Å². The lowest BCUT2D eigenvalue weighted by molar-refractivity contribution is 0.378. The molecule has 0 aliphatic carbocycles. The van der Waals surface area contributed by atoms with Crippen LogP contribution in [0.3, 0.4) is 0 Å². The van der Waals surface area contributed by atoms with Crippen molar-refractivity contribution in [2.24, 2.45) is 4.99 Å². The van der Waals surface area contributed by atoms with Crippen molar-refractivity contribution >= 4 is 28.9 Å². The molecule has 0 spiro atoms. The Morgan fingerprint density at radius 1 is 1.26 bits per heavy atom. The van der Waals surface area contributed by atoms with Gasteiger partial charge in [-0.2, -0.15) is 4.98 Å². The lowest BCUT2D eigenvalue weighted by atomic mass is 10.2. The van der Waals surface area contributed by atoms with Crippen molar-refractivity contribution in [3.8, 4) is 11.4 Å². The average molecular weight is 405 g/mol. The third kappa shape index (κ3) is 5.27. The van der Waals surface area contributed by atoms with Gasteiger partial charge in [0, 0.05) is 35.5 Å². The van der Waals surface area contributed by atoms with Crippen LogP contribution in [0.15, 0.2) is 33.8 Å². The van der Waals surface area contributed by atoms with Gasteiger partial charge in [0.2, 0.25) is 11.7 Å². The van der Waals surface area contributed by atoms with Gasteiger partial charge in [-0.15, -0.1) is 11.3 Å². The van der Waals surface area contributed by atoms with Gasteiger partial charge < -0.3 is 15.2 Å². The predicted molar refractivity (Wildman–Crippen MR) is 108 cm³/mol. The smallest absolute Gasteiger partial charge is 0.228 e. The number of hydrogen-bond donors (Lipinski definition) is 2. The van der Waals surface area contributed by atoms with E-state index in [9.17, 15) is 0 Å². The van der Waals surface area contributed by atoms with E-state index in [-0.39, 0.29) is 0 Å². The molecular weight excluding hydrogens is 384 g/mol. The minimum atomic E-state index is 0.532. The van der Waals surface area contributed by atoms with Crippen LogP contribution in [0.4, 0.5) is 0 Å². The zero-order valence-corrected chi connectivity index (χ0v) is 17.0. The second-order valence-corrected chi connectivity index (χ2v) is 7.60. The first kappa shape index (κ1) is 19.3. The molecule has 3 rings (SSSR count). The quantitative estimate of drug-likeness (QED) is 0.483. The van der Waals surface area contributed by atoms with Crippen molar-refractivity contribution in [3.05, 3.63) is 50.8 Å². The van der Waals surface area contributed by atoms with Gasteiger partial charge in [0.1, 0.15) is 5.01 Å². The number of aromatic nitrogens is 3. The lowest BCUT2D eigenvalue weighted by Gasteiger charge is -2.09. The summed E-state index contributed by atoms with van der Waals surface area (Å²) in [5, 5.41) is 12.2. The minimum Gasteiger partial charge on any atom is -0.356 e. The summed E-state index contributed by atoms with van der Waals surface area (Å²) in [6.45, 7) is 5.35. The number of aliphatic imine (C=N–C) groups is 1. The summed E-state index contributed by atoms with van der Waals surface area (Å²) >= 11 is 7.69. The molecule has 0 atom stereocenters. The van der Waals surface area contributed by atoms with E-state index in [1.54, 1.807) is 18.4 Å². The van der Waals surface area contributed by atoms with E-state index in [0.29, 0.717) is 42.2 Å². The summed E-state index contributed by atoms with van der Waals surface area (Å²) < 4.78 is 5.31. The highest BCUT2D eigenvalue weighted by Crippen LogP contribution is 2.20. The Morgan fingerprint density at radius 3 is 2.81 bits per heavy atom. The number of hydrogen-bond acceptors (Lipinski definition) is 6. The molecule has 0 saturated heterocycles. The Bertz CT molecular complexity index is 916. The second-order valence-electron chi connectivity index (χ2n) is 5.87. The Hall–Kier alpha value is -2.45. The minimum absolute atomic E-state index is 0.532. The summed E-state index contributed by atoms with van der Waals surface area (Å²) in [6, 6.07) is 7.37. The molecule has 0 amide bonds. The summed E-state index contributed by atoms with van der Waals surface area (Å²) in [4.78, 5) is 14.4. The van der Waals surface area contributed by atoms with Crippen LogP contribution in [0, 0.1) is 13.8 Å². The molecule has 0 aliphatic rings. The van der Waals surface area contributed by atoms with Crippen LogP contribution in [0.1, 0.15) is 21.5 Å². The standard InChI is InChI=1S/C18H21ClN6OS/c1-11-12(2)27-16(23-11)10-22-18(20-3)21-8-7-15-24-17(25-26-15)13-5-4-6-14(19)9-13/h4-6,9H,7-8,10H2,1-3H3,(H2,20,21,22). The van der Waals surface area contributed by atoms with Gasteiger partial charge in [-0.05, 0) is 26.0 Å². The molecule has 0 unspecified atom stereocenters. The molecule has 27 heavy (non-hydrogen) atoms. The summed E-state index contributed by atoms with van der Waals surface area (Å²) in [6.07, 6.45) is 0.587. The Kier molecular flexibility index (Phi) is 6.41. The Balaban J connectivity index is 1.48. The highest BCUT2D eigenvalue weighted by atomic mass is 35.5. The van der Waals surface area contributed by atoms with E-state index in [0.717, 1.165) is 16.3 Å². The zero-order chi connectivity index (χ0) is 19.2. The number of benzene rings is 1. The van der Waals surface area contributed by atoms with Gasteiger partial charge in [-0.1, -0.05) is 28.9 Å². The number of thiazole rings is 1. The molecule has 7 nitrogen and oxygen atoms in total. The molecule has 2 heterocycles. The number of halogens is 1. The number of aryl methyl sites for hydroxylation is 2. The van der Waals surface area contributed by atoms with Gasteiger partial charge in [-0.25, -0.2) is 4.98 Å². The zero-order valence-electron chi connectivity index (χ0n) is 15.4. The third-order valence-corrected chi connectivity index (χ3v) is 5.19. The fraction of sp³-hybridized carbons (Fsp3) is 0.333. The monoisotopic (exact) mass is 404 g/mol. The molecule has 2 N–H and O–H groups in total. The first-order valence-electron chi connectivity index (χ1n) is 8.51. The molecule has 1 aromatic carbocycles. The molecule has 0 aliphatic heterocycles. The first-order valence-corrected chi connectivity index (χ1v) is 9.70. The molecule has 0 saturated carbocycles. The maximum atomic E-state index is 6.00. The third-order valence-electron chi connectivity index (χ3n) is 3.89. The molecule has 0 radical (unpaired) electrons. The Morgan fingerprint density at radius 2 is 2.11 bits per heavy atom. The molecule has 142 valence electrons. The fourth-order valence-electron chi connectivity index (χ4n) is 2.38. The van der Waals surface area contributed by atoms with Crippen LogP contribution >= 0.6 is 22.9 Å². The number of nitrogens with one attached hydrogen (secondary N) is 2. The van der Waals surface area contributed by atoms with E-state index in [4.69, 9.17) is 16.1 Å². The van der Waals surface area contributed by atoms with Crippen LogP contribution in [-0.2, 0) is 13.0 Å². The van der Waals surface area contributed by atoms with Crippen LogP contribution in [0.2, 0.25) is 5.02 Å². The van der Waals surface area contributed by atoms with Gasteiger partial charge >= 0.3 is 0 Å². The lowest BCUT2D eigenvalue weighted by Crippen LogP contribution is -2.37. The van der Waals surface area contributed by atoms with Crippen LogP contribution < -0.4 is 10.6 Å². The fourth-order valence-corrected chi connectivity index (χ4v) is 3.45. The van der Waals surface area contributed by atoms with E-state index in [1.165, 1.54) is 4.88 Å². The summed E-state index contributed by atoms with van der Waals surface area (Å²) in [7, 11) is 1.73. The highest BCUT2D eigenvalue weighted by Gasteiger charge is 2.09. The van der Waals surface area contributed by atoms with E-state index in [2.05, 4.69) is 37.7 Å². The topological polar surface area (TPSA) is 88.2 Å². The van der Waals surface area contributed by atoms with Crippen LogP contribution in [0.5, 0.6) is 0 Å². The maximum Gasteiger partial charge on any atom is 0.228 e. The normalized spacial score (nSPS) is 11.6. The van der Waals surface area contributed by atoms with Crippen molar-refractivity contribution in [1.29, 1.82) is 0 Å². The largest absolute Gasteiger partial charge is 0.356 e. The second kappa shape index (κ2) is 8.96. The molecule has 2 aromatic heterocycles. The van der Waals surface area contributed by atoms with Crippen molar-refractivity contribution in [3.63, 3.8) is 0 Å². The molecule has 0 fully saturated rings. The highest BCUT2D eigenvalue weighted by molar-refractivity contribution is 7.11. The summed E-state index contributed by atoms with van der Waals surface area (Å²) in [5.74, 6) is 1.79. The predicted octanol–water partition coefficient (Wildman–Crippen LogP) is 3.37. The van der Waals surface area contributed by atoms with E-state index < -0.39 is 0 Å². The van der Waals surface area contributed by atoms with Gasteiger partial charge in [0.15, 0.2) is 5.96 Å². The van der Waals surface area contributed by atoms with Crippen LogP contribution in [-0.4, -0.2) is 34.7 Å². The number of rotatable bonds is 6. The number of guanidine groups is 1. The van der Waals surface area contributed by atoms with Crippen molar-refractivity contribution in [1.82, 2.24) is 25.8 Å². The molecule has 3 aromatic rings. The van der Waals surface area contributed by atoms with Crippen LogP contribution in [0.25, 0.3) is 11.4 Å². The number of nitrogens with zero attached hydrogens (tertiary/aromatic N) is 4. The van der Waals surface area contributed by atoms with Gasteiger partial charge in [0.05, 0.1) is 12.2 Å². The molecule has 9 heteroatoms. The maximum absolute atomic E-state index is 6.00. The van der Waals surface area contributed by atoms with Crippen molar-refractivity contribution in [2.75, 3.05) is 13.6 Å². The summed E-state index contributed by atoms with van der Waals surface area (Å²) in [5.41, 5.74) is 1.91. The van der Waals surface area contributed by atoms with Crippen molar-refractivity contribution in [2.45, 2.75) is 26.8 Å². The van der Waals surface area contributed by atoms with Gasteiger partial charge in [0.25, 0.3) is 0 Å². The molecule has 0 bridgehead atoms. The van der Waals surface area contributed by atoms with Gasteiger partial charge in [-0.3, -0.25) is 4.99 Å². The van der Waals surface area contributed by atoms with E-state index >= 15 is 0 Å². The average Bonchev–Trinajstić information content (AvgIpc) is 3.25.